The van der Waals surface area contributed by atoms with Gasteiger partial charge in [0.15, 0.2) is 0 Å². The number of nitrogens with zero attached hydrogens (tertiary/aromatic N) is 1. The highest BCUT2D eigenvalue weighted by atomic mass is 127. The van der Waals surface area contributed by atoms with Gasteiger partial charge < -0.3 is 11.8 Å². The molecule has 0 saturated heterocycles. The Bertz CT molecular complexity index is 177. The highest BCUT2D eigenvalue weighted by molar-refractivity contribution is 5.16. The minimum atomic E-state index is -3.76. The summed E-state index contributed by atoms with van der Waals surface area (Å²) in [6, 6.07) is 0. The summed E-state index contributed by atoms with van der Waals surface area (Å²) in [5.74, 6) is 0. The molecule has 1 N–H and O–H groups in total. The molecule has 0 bridgehead atoms. The monoisotopic (exact) mass is 285 g/mol. The second-order valence-electron chi connectivity index (χ2n) is 2.47. The van der Waals surface area contributed by atoms with Gasteiger partial charge in [-0.25, -0.2) is 0 Å². The van der Waals surface area contributed by atoms with Gasteiger partial charge in [-0.15, -0.1) is 0 Å². The van der Waals surface area contributed by atoms with E-state index in [1.165, 1.54) is 5.57 Å². The molecule has 0 atom stereocenters. The molecular formula is C7H12INO3. The number of rotatable bonds is 0. The van der Waals surface area contributed by atoms with Crippen molar-refractivity contribution in [3.05, 3.63) is 23.9 Å². The molecule has 1 rings (SSSR count). The molecule has 1 aliphatic heterocycles. The summed E-state index contributed by atoms with van der Waals surface area (Å²) in [7, 11) is 2.08. The fourth-order valence-electron chi connectivity index (χ4n) is 0.853. The molecule has 0 aromatic carbocycles. The van der Waals surface area contributed by atoms with Crippen molar-refractivity contribution in [3.8, 4) is 0 Å². The van der Waals surface area contributed by atoms with Crippen LogP contribution in [0.2, 0.25) is 0 Å². The molecular weight excluding hydrogens is 273 g/mol. The lowest BCUT2D eigenvalue weighted by Crippen LogP contribution is -3.98. The van der Waals surface area contributed by atoms with Crippen LogP contribution in [0.25, 0.3) is 0 Å². The van der Waals surface area contributed by atoms with Crippen LogP contribution in [0.15, 0.2) is 23.9 Å². The Balaban J connectivity index is 0.000000261. The van der Waals surface area contributed by atoms with Crippen molar-refractivity contribution in [3.63, 3.8) is 0 Å². The van der Waals surface area contributed by atoms with E-state index < -0.39 is 21.1 Å². The zero-order valence-corrected chi connectivity index (χ0v) is 9.19. The first-order valence-corrected chi connectivity index (χ1v) is 6.03. The van der Waals surface area contributed by atoms with Gasteiger partial charge in [-0.1, -0.05) is 11.6 Å². The molecule has 70 valence electrons. The van der Waals surface area contributed by atoms with Gasteiger partial charge in [0.1, 0.15) is 0 Å². The van der Waals surface area contributed by atoms with Gasteiger partial charge in [0.25, 0.3) is 0 Å². The molecule has 0 saturated carbocycles. The van der Waals surface area contributed by atoms with Crippen molar-refractivity contribution in [2.24, 2.45) is 0 Å². The Hall–Kier alpha value is -0.110. The van der Waals surface area contributed by atoms with E-state index in [1.807, 2.05) is 0 Å². The molecule has 4 nitrogen and oxygen atoms in total. The molecule has 0 unspecified atom stereocenters. The lowest BCUT2D eigenvalue weighted by Gasteiger charge is -2.16. The van der Waals surface area contributed by atoms with E-state index in [0.717, 1.165) is 6.54 Å². The smallest absolute Gasteiger partial charge is 0.396 e. The molecule has 1 heterocycles. The predicted octanol–water partition coefficient (Wildman–Crippen LogP) is -4.54. The largest absolute Gasteiger partial charge is 0.503 e. The zero-order valence-electron chi connectivity index (χ0n) is 7.03. The van der Waals surface area contributed by atoms with Gasteiger partial charge in [0.2, 0.25) is 0 Å². The van der Waals surface area contributed by atoms with Crippen molar-refractivity contribution < 1.29 is 31.4 Å². The van der Waals surface area contributed by atoms with Crippen molar-refractivity contribution >= 4 is 0 Å². The van der Waals surface area contributed by atoms with Gasteiger partial charge in [0, 0.05) is 13.6 Å². The van der Waals surface area contributed by atoms with Crippen LogP contribution in [0.3, 0.4) is 0 Å². The lowest BCUT2D eigenvalue weighted by atomic mass is 10.2. The molecule has 0 aromatic heterocycles. The Morgan fingerprint density at radius 2 is 2.08 bits per heavy atom. The van der Waals surface area contributed by atoms with Crippen molar-refractivity contribution in [2.45, 2.75) is 6.92 Å². The number of allylic oxidation sites excluding steroid dienone is 2. The minimum Gasteiger partial charge on any atom is -0.396 e. The lowest BCUT2D eigenvalue weighted by molar-refractivity contribution is -1.63. The summed E-state index contributed by atoms with van der Waals surface area (Å²) in [6.45, 7) is 3.22. The van der Waals surface area contributed by atoms with Gasteiger partial charge in [-0.3, -0.25) is 0 Å². The van der Waals surface area contributed by atoms with Crippen LogP contribution in [0.5, 0.6) is 0 Å². The fourth-order valence-corrected chi connectivity index (χ4v) is 0.853. The number of hydrogen-bond acceptors (Lipinski definition) is 4. The molecule has 5 heteroatoms. The molecule has 0 radical (unpaired) electrons. The topological polar surface area (TPSA) is 69.6 Å². The molecule has 0 aliphatic carbocycles. The number of halogens is 1. The van der Waals surface area contributed by atoms with E-state index in [2.05, 4.69) is 37.2 Å². The van der Waals surface area contributed by atoms with E-state index in [-0.39, 0.29) is 0 Å². The Kier molecular flexibility index (Phi) is 6.35. The van der Waals surface area contributed by atoms with Gasteiger partial charge in [0.05, 0.1) is 0 Å². The van der Waals surface area contributed by atoms with Gasteiger partial charge >= 0.3 is 21.1 Å². The maximum absolute atomic E-state index is 8.68. The summed E-state index contributed by atoms with van der Waals surface area (Å²) in [5.41, 5.74) is 1.43. The van der Waals surface area contributed by atoms with E-state index in [1.54, 1.807) is 0 Å². The van der Waals surface area contributed by atoms with Crippen molar-refractivity contribution in [1.82, 2.24) is 4.90 Å². The minimum absolute atomic E-state index is 1.08. The van der Waals surface area contributed by atoms with E-state index >= 15 is 0 Å². The average Bonchev–Trinajstić information content (AvgIpc) is 1.84. The average molecular weight is 285 g/mol. The molecule has 0 spiro atoms. The maximum Gasteiger partial charge on any atom is 0.503 e. The third-order valence-electron chi connectivity index (χ3n) is 1.22. The highest BCUT2D eigenvalue weighted by Crippen LogP contribution is 2.02. The number of likely N-dealkylation sites (N-methyl/N-ethyl adjacent to an activating group) is 1. The number of hydrogen-bond donors (Lipinski definition) is 1. The zero-order chi connectivity index (χ0) is 9.56. The van der Waals surface area contributed by atoms with Crippen LogP contribution in [0.4, 0.5) is 0 Å². The van der Waals surface area contributed by atoms with Gasteiger partial charge in [-0.05, 0) is 22.6 Å². The molecule has 1 aliphatic rings. The predicted molar refractivity (Wildman–Crippen MR) is 37.7 cm³/mol. The quantitative estimate of drug-likeness (QED) is 0.455. The molecule has 0 amide bonds. The first-order valence-electron chi connectivity index (χ1n) is 3.31. The molecule has 12 heavy (non-hydrogen) atoms. The van der Waals surface area contributed by atoms with Crippen LogP contribution in [-0.4, -0.2) is 21.9 Å². The summed E-state index contributed by atoms with van der Waals surface area (Å²) in [5, 5.41) is 0. The Morgan fingerprint density at radius 1 is 1.58 bits per heavy atom. The van der Waals surface area contributed by atoms with Gasteiger partial charge in [-0.2, -0.15) is 0 Å². The van der Waals surface area contributed by atoms with E-state index in [9.17, 15) is 0 Å². The third kappa shape index (κ3) is 7.99. The summed E-state index contributed by atoms with van der Waals surface area (Å²) >= 11 is -3.76. The SMILES string of the molecule is CC1=CC=CN(C)C1.[O-][I+2]([O-])O. The van der Waals surface area contributed by atoms with Crippen molar-refractivity contribution in [1.29, 1.82) is 0 Å². The van der Waals surface area contributed by atoms with Crippen LogP contribution >= 0.6 is 0 Å². The summed E-state index contributed by atoms with van der Waals surface area (Å²) in [4.78, 5) is 2.16. The first kappa shape index (κ1) is 11.9. The van der Waals surface area contributed by atoms with Crippen LogP contribution in [-0.2, 0) is 0 Å². The highest BCUT2D eigenvalue weighted by Gasteiger charge is 1.94. The van der Waals surface area contributed by atoms with Crippen LogP contribution in [0, 0.1) is 0 Å². The molecule has 0 aromatic rings. The first-order chi connectivity index (χ1) is 5.52. The Morgan fingerprint density at radius 3 is 2.33 bits per heavy atom. The molecule has 0 fully saturated rings. The van der Waals surface area contributed by atoms with E-state index in [4.69, 9.17) is 10.3 Å². The third-order valence-corrected chi connectivity index (χ3v) is 1.22. The second-order valence-corrected chi connectivity index (χ2v) is 3.62. The van der Waals surface area contributed by atoms with E-state index in [0.29, 0.717) is 0 Å². The van der Waals surface area contributed by atoms with Crippen LogP contribution in [0.1, 0.15) is 6.92 Å². The summed E-state index contributed by atoms with van der Waals surface area (Å²) < 4.78 is 24.5. The van der Waals surface area contributed by atoms with Crippen molar-refractivity contribution in [2.75, 3.05) is 13.6 Å². The Labute approximate surface area is 80.9 Å². The standard InChI is InChI=1S/C7H11N.HIO3/c1-7-4-3-5-8(2)6-7;2-1(3)4/h3-5H,6H2,1-2H3;2H. The maximum atomic E-state index is 8.68. The van der Waals surface area contributed by atoms with Crippen LogP contribution < -0.4 is 27.9 Å². The summed E-state index contributed by atoms with van der Waals surface area (Å²) in [6.07, 6.45) is 6.28. The normalized spacial score (nSPS) is 15.5. The fraction of sp³-hybridized carbons (Fsp3) is 0.429. The second kappa shape index (κ2) is 6.41.